The largest absolute Gasteiger partial charge is 0.423 e. The van der Waals surface area contributed by atoms with Crippen LogP contribution in [0.4, 0.5) is 14.7 Å². The van der Waals surface area contributed by atoms with E-state index < -0.39 is 21.7 Å². The molecule has 0 bridgehead atoms. The van der Waals surface area contributed by atoms with Gasteiger partial charge in [-0.05, 0) is 29.8 Å². The fourth-order valence-corrected chi connectivity index (χ4v) is 3.96. The van der Waals surface area contributed by atoms with Crippen molar-refractivity contribution in [3.05, 3.63) is 102 Å². The van der Waals surface area contributed by atoms with Gasteiger partial charge < -0.3 is 4.42 Å². The van der Waals surface area contributed by atoms with Crippen LogP contribution in [0.5, 0.6) is 0 Å². The van der Waals surface area contributed by atoms with E-state index in [0.29, 0.717) is 0 Å². The van der Waals surface area contributed by atoms with Crippen LogP contribution in [0.2, 0.25) is 0 Å². The molecule has 0 unspecified atom stereocenters. The molecular weight excluding hydrogens is 410 g/mol. The number of nitrogens with zero attached hydrogens (tertiary/aromatic N) is 1. The molecule has 4 rings (SSSR count). The molecule has 4 aromatic rings. The lowest BCUT2D eigenvalue weighted by Crippen LogP contribution is -2.13. The van der Waals surface area contributed by atoms with Crippen LogP contribution in [-0.2, 0) is 16.4 Å². The van der Waals surface area contributed by atoms with Crippen molar-refractivity contribution >= 4 is 15.9 Å². The second kappa shape index (κ2) is 8.08. The average molecular weight is 426 g/mol. The minimum absolute atomic E-state index is 0.00108. The highest BCUT2D eigenvalue weighted by Gasteiger charge is 2.23. The molecule has 0 saturated carbocycles. The van der Waals surface area contributed by atoms with Crippen molar-refractivity contribution in [3.8, 4) is 11.3 Å². The lowest BCUT2D eigenvalue weighted by Gasteiger charge is -2.07. The number of aromatic nitrogens is 1. The molecule has 0 saturated heterocycles. The molecule has 0 atom stereocenters. The maximum absolute atomic E-state index is 13.8. The molecule has 1 N–H and O–H groups in total. The van der Waals surface area contributed by atoms with Gasteiger partial charge in [-0.3, -0.25) is 0 Å². The predicted molar refractivity (Wildman–Crippen MR) is 108 cm³/mol. The molecule has 1 heterocycles. The minimum atomic E-state index is -3.99. The van der Waals surface area contributed by atoms with Crippen molar-refractivity contribution in [1.82, 2.24) is 4.98 Å². The van der Waals surface area contributed by atoms with Gasteiger partial charge >= 0.3 is 0 Å². The van der Waals surface area contributed by atoms with Crippen molar-refractivity contribution in [2.75, 3.05) is 4.72 Å². The maximum atomic E-state index is 13.8. The molecule has 0 amide bonds. The van der Waals surface area contributed by atoms with E-state index in [9.17, 15) is 17.2 Å². The summed E-state index contributed by atoms with van der Waals surface area (Å²) < 4.78 is 61.0. The zero-order valence-electron chi connectivity index (χ0n) is 15.5. The SMILES string of the molecule is O=S(=O)(Nc1oc(Cc2ccccc2)nc1-c1cc(F)cc(F)c1)c1ccccc1. The number of rotatable bonds is 6. The van der Waals surface area contributed by atoms with E-state index in [1.165, 1.54) is 12.1 Å². The Balaban J connectivity index is 1.77. The van der Waals surface area contributed by atoms with E-state index >= 15 is 0 Å². The molecule has 0 fully saturated rings. The van der Waals surface area contributed by atoms with E-state index in [4.69, 9.17) is 4.42 Å². The van der Waals surface area contributed by atoms with E-state index in [1.807, 2.05) is 30.3 Å². The molecule has 1 aromatic heterocycles. The van der Waals surface area contributed by atoms with Gasteiger partial charge in [0.1, 0.15) is 17.3 Å². The Morgan fingerprint density at radius 2 is 1.47 bits per heavy atom. The van der Waals surface area contributed by atoms with E-state index in [2.05, 4.69) is 9.71 Å². The van der Waals surface area contributed by atoms with Gasteiger partial charge in [-0.15, -0.1) is 0 Å². The zero-order valence-corrected chi connectivity index (χ0v) is 16.4. The quantitative estimate of drug-likeness (QED) is 0.470. The fourth-order valence-electron chi connectivity index (χ4n) is 2.95. The van der Waals surface area contributed by atoms with Crippen molar-refractivity contribution in [1.29, 1.82) is 0 Å². The molecule has 0 radical (unpaired) electrons. The molecule has 8 heteroatoms. The zero-order chi connectivity index (χ0) is 21.1. The van der Waals surface area contributed by atoms with Crippen molar-refractivity contribution in [3.63, 3.8) is 0 Å². The summed E-state index contributed by atoms with van der Waals surface area (Å²) >= 11 is 0. The molecular formula is C22H16F2N2O3S. The third-order valence-electron chi connectivity index (χ3n) is 4.29. The number of benzene rings is 3. The fraction of sp³-hybridized carbons (Fsp3) is 0.0455. The van der Waals surface area contributed by atoms with Gasteiger partial charge in [0.2, 0.25) is 11.8 Å². The number of halogens is 2. The third-order valence-corrected chi connectivity index (χ3v) is 5.63. The number of hydrogen-bond donors (Lipinski definition) is 1. The predicted octanol–water partition coefficient (Wildman–Crippen LogP) is 5.01. The van der Waals surface area contributed by atoms with E-state index in [0.717, 1.165) is 23.8 Å². The molecule has 0 aliphatic heterocycles. The number of sulfonamides is 1. The minimum Gasteiger partial charge on any atom is -0.423 e. The number of nitrogens with one attached hydrogen (secondary N) is 1. The van der Waals surface area contributed by atoms with Crippen molar-refractivity contribution < 1.29 is 21.6 Å². The van der Waals surface area contributed by atoms with Crippen LogP contribution in [0.15, 0.2) is 88.2 Å². The monoisotopic (exact) mass is 426 g/mol. The van der Waals surface area contributed by atoms with Gasteiger partial charge in [0.15, 0.2) is 0 Å². The van der Waals surface area contributed by atoms with Gasteiger partial charge in [-0.2, -0.15) is 0 Å². The summed E-state index contributed by atoms with van der Waals surface area (Å²) in [6, 6.07) is 19.8. The van der Waals surface area contributed by atoms with E-state index in [-0.39, 0.29) is 34.3 Å². The molecule has 0 spiro atoms. The van der Waals surface area contributed by atoms with Crippen molar-refractivity contribution in [2.24, 2.45) is 0 Å². The van der Waals surface area contributed by atoms with Gasteiger partial charge in [0.25, 0.3) is 10.0 Å². The normalized spacial score (nSPS) is 11.4. The standard InChI is InChI=1S/C22H16F2N2O3S/c23-17-12-16(13-18(24)14-17)21-22(26-30(27,28)19-9-5-2-6-10-19)29-20(25-21)11-15-7-3-1-4-8-15/h1-10,12-14,26H,11H2. The first-order valence-electron chi connectivity index (χ1n) is 8.99. The van der Waals surface area contributed by atoms with Crippen LogP contribution in [0.1, 0.15) is 11.5 Å². The smallest absolute Gasteiger partial charge is 0.264 e. The average Bonchev–Trinajstić information content (AvgIpc) is 3.10. The summed E-state index contributed by atoms with van der Waals surface area (Å²) in [6.07, 6.45) is 0.276. The Morgan fingerprint density at radius 3 is 2.10 bits per heavy atom. The number of hydrogen-bond acceptors (Lipinski definition) is 4. The van der Waals surface area contributed by atoms with Gasteiger partial charge in [-0.1, -0.05) is 48.5 Å². The van der Waals surface area contributed by atoms with Crippen LogP contribution in [0.25, 0.3) is 11.3 Å². The Labute approximate surface area is 172 Å². The molecule has 152 valence electrons. The van der Waals surface area contributed by atoms with Crippen LogP contribution in [0, 0.1) is 11.6 Å². The van der Waals surface area contributed by atoms with Crippen LogP contribution in [0.3, 0.4) is 0 Å². The first-order chi connectivity index (χ1) is 14.4. The first kappa shape index (κ1) is 19.8. The van der Waals surface area contributed by atoms with Gasteiger partial charge in [0, 0.05) is 18.1 Å². The molecule has 0 aliphatic rings. The second-order valence-corrected chi connectivity index (χ2v) is 8.21. The summed E-state index contributed by atoms with van der Waals surface area (Å²) in [5, 5.41) is 0. The highest BCUT2D eigenvalue weighted by atomic mass is 32.2. The van der Waals surface area contributed by atoms with Crippen LogP contribution >= 0.6 is 0 Å². The molecule has 3 aromatic carbocycles. The van der Waals surface area contributed by atoms with Gasteiger partial charge in [0.05, 0.1) is 4.90 Å². The van der Waals surface area contributed by atoms with Crippen molar-refractivity contribution in [2.45, 2.75) is 11.3 Å². The molecule has 5 nitrogen and oxygen atoms in total. The van der Waals surface area contributed by atoms with Crippen LogP contribution < -0.4 is 4.72 Å². The van der Waals surface area contributed by atoms with Gasteiger partial charge in [-0.25, -0.2) is 26.9 Å². The topological polar surface area (TPSA) is 72.2 Å². The summed E-state index contributed by atoms with van der Waals surface area (Å²) in [7, 11) is -3.99. The Hall–Kier alpha value is -3.52. The highest BCUT2D eigenvalue weighted by molar-refractivity contribution is 7.92. The number of anilines is 1. The molecule has 30 heavy (non-hydrogen) atoms. The number of oxazole rings is 1. The summed E-state index contributed by atoms with van der Waals surface area (Å²) in [4.78, 5) is 4.32. The summed E-state index contributed by atoms with van der Waals surface area (Å²) in [5.74, 6) is -1.63. The maximum Gasteiger partial charge on any atom is 0.264 e. The Bertz CT molecular complexity index is 1250. The lowest BCUT2D eigenvalue weighted by atomic mass is 10.1. The molecule has 0 aliphatic carbocycles. The first-order valence-corrected chi connectivity index (χ1v) is 10.5. The van der Waals surface area contributed by atoms with E-state index in [1.54, 1.807) is 18.2 Å². The summed E-state index contributed by atoms with van der Waals surface area (Å²) in [5.41, 5.74) is 0.938. The lowest BCUT2D eigenvalue weighted by molar-refractivity contribution is 0.521. The highest BCUT2D eigenvalue weighted by Crippen LogP contribution is 2.32. The Kier molecular flexibility index (Phi) is 5.33. The summed E-state index contributed by atoms with van der Waals surface area (Å²) in [6.45, 7) is 0. The van der Waals surface area contributed by atoms with Crippen LogP contribution in [-0.4, -0.2) is 13.4 Å². The second-order valence-electron chi connectivity index (χ2n) is 6.52. The Morgan fingerprint density at radius 1 is 0.867 bits per heavy atom. The third kappa shape index (κ3) is 4.38.